The van der Waals surface area contributed by atoms with Crippen molar-refractivity contribution >= 4 is 5.91 Å². The SMILES string of the molecule is CC[C@@H]1CN2[C@@H](CN1)CN(C)C(=O)[C@H]2Cc1cccc(OC)c1. The summed E-state index contributed by atoms with van der Waals surface area (Å²) < 4.78 is 5.31. The maximum absolute atomic E-state index is 12.8. The molecule has 5 nitrogen and oxygen atoms in total. The van der Waals surface area contributed by atoms with Crippen molar-refractivity contribution in [3.05, 3.63) is 29.8 Å². The molecule has 3 rings (SSSR count). The van der Waals surface area contributed by atoms with Crippen LogP contribution in [0.1, 0.15) is 18.9 Å². The Morgan fingerprint density at radius 3 is 2.91 bits per heavy atom. The van der Waals surface area contributed by atoms with Crippen LogP contribution in [0, 0.1) is 0 Å². The molecule has 2 fully saturated rings. The topological polar surface area (TPSA) is 44.8 Å². The molecule has 2 aliphatic heterocycles. The van der Waals surface area contributed by atoms with Gasteiger partial charge in [0.05, 0.1) is 13.2 Å². The van der Waals surface area contributed by atoms with Crippen molar-refractivity contribution in [3.63, 3.8) is 0 Å². The van der Waals surface area contributed by atoms with Crippen LogP contribution < -0.4 is 10.1 Å². The van der Waals surface area contributed by atoms with Crippen LogP contribution in [0.5, 0.6) is 5.75 Å². The van der Waals surface area contributed by atoms with Crippen LogP contribution in [0.4, 0.5) is 0 Å². The summed E-state index contributed by atoms with van der Waals surface area (Å²) in [5.74, 6) is 1.09. The van der Waals surface area contributed by atoms with Crippen LogP contribution in [0.25, 0.3) is 0 Å². The molecule has 0 radical (unpaired) electrons. The van der Waals surface area contributed by atoms with E-state index in [-0.39, 0.29) is 11.9 Å². The predicted octanol–water partition coefficient (Wildman–Crippen LogP) is 1.13. The van der Waals surface area contributed by atoms with Gasteiger partial charge in [0.2, 0.25) is 5.91 Å². The van der Waals surface area contributed by atoms with Crippen LogP contribution in [-0.2, 0) is 11.2 Å². The lowest BCUT2D eigenvalue weighted by Gasteiger charge is -2.49. The van der Waals surface area contributed by atoms with Crippen LogP contribution >= 0.6 is 0 Å². The number of rotatable bonds is 4. The number of piperazine rings is 2. The highest BCUT2D eigenvalue weighted by molar-refractivity contribution is 5.83. The molecular weight excluding hydrogens is 290 g/mol. The van der Waals surface area contributed by atoms with E-state index in [0.29, 0.717) is 12.1 Å². The minimum atomic E-state index is -0.0676. The van der Waals surface area contributed by atoms with E-state index in [9.17, 15) is 4.79 Å². The van der Waals surface area contributed by atoms with Gasteiger partial charge in [0.15, 0.2) is 0 Å². The third-order valence-electron chi connectivity index (χ3n) is 5.14. The van der Waals surface area contributed by atoms with Crippen molar-refractivity contribution in [3.8, 4) is 5.75 Å². The number of methoxy groups -OCH3 is 1. The number of nitrogens with zero attached hydrogens (tertiary/aromatic N) is 2. The number of amides is 1. The van der Waals surface area contributed by atoms with Crippen molar-refractivity contribution in [2.75, 3.05) is 33.8 Å². The summed E-state index contributed by atoms with van der Waals surface area (Å²) in [6.45, 7) is 4.93. The largest absolute Gasteiger partial charge is 0.497 e. The number of carbonyl (C=O) groups excluding carboxylic acids is 1. The standard InChI is InChI=1S/C18H27N3O2/c1-4-14-11-21-15(10-19-14)12-20(2)18(22)17(21)9-13-6-5-7-16(8-13)23-3/h5-8,14-15,17,19H,4,9-12H2,1-3H3/t14-,15+,17-/m1/s1. The van der Waals surface area contributed by atoms with E-state index in [0.717, 1.165) is 43.8 Å². The lowest BCUT2D eigenvalue weighted by molar-refractivity contribution is -0.144. The van der Waals surface area contributed by atoms with Crippen molar-refractivity contribution in [1.82, 2.24) is 15.1 Å². The number of hydrogen-bond donors (Lipinski definition) is 1. The Morgan fingerprint density at radius 2 is 2.17 bits per heavy atom. The number of nitrogens with one attached hydrogen (secondary N) is 1. The molecule has 1 amide bonds. The minimum absolute atomic E-state index is 0.0676. The number of hydrogen-bond acceptors (Lipinski definition) is 4. The quantitative estimate of drug-likeness (QED) is 0.904. The number of carbonyl (C=O) groups is 1. The van der Waals surface area contributed by atoms with Crippen LogP contribution in [0.3, 0.4) is 0 Å². The molecule has 1 N–H and O–H groups in total. The van der Waals surface area contributed by atoms with Gasteiger partial charge in [0.25, 0.3) is 0 Å². The molecule has 2 heterocycles. The Hall–Kier alpha value is -1.59. The summed E-state index contributed by atoms with van der Waals surface area (Å²) in [4.78, 5) is 17.1. The fourth-order valence-corrected chi connectivity index (χ4v) is 3.74. The summed E-state index contributed by atoms with van der Waals surface area (Å²) >= 11 is 0. The zero-order chi connectivity index (χ0) is 16.4. The summed E-state index contributed by atoms with van der Waals surface area (Å²) in [6.07, 6.45) is 1.84. The Morgan fingerprint density at radius 1 is 1.35 bits per heavy atom. The molecule has 23 heavy (non-hydrogen) atoms. The first kappa shape index (κ1) is 16.3. The van der Waals surface area contributed by atoms with Gasteiger partial charge >= 0.3 is 0 Å². The van der Waals surface area contributed by atoms with Gasteiger partial charge in [-0.25, -0.2) is 0 Å². The highest BCUT2D eigenvalue weighted by Crippen LogP contribution is 2.24. The maximum Gasteiger partial charge on any atom is 0.240 e. The van der Waals surface area contributed by atoms with Gasteiger partial charge in [0, 0.05) is 38.8 Å². The Labute approximate surface area is 138 Å². The van der Waals surface area contributed by atoms with Crippen LogP contribution in [0.15, 0.2) is 24.3 Å². The van der Waals surface area contributed by atoms with Gasteiger partial charge in [-0.15, -0.1) is 0 Å². The second-order valence-corrected chi connectivity index (χ2v) is 6.65. The molecule has 0 aliphatic carbocycles. The molecule has 0 unspecified atom stereocenters. The van der Waals surface area contributed by atoms with Gasteiger partial charge < -0.3 is 15.0 Å². The molecule has 1 aromatic carbocycles. The molecule has 0 saturated carbocycles. The molecular formula is C18H27N3O2. The van der Waals surface area contributed by atoms with Crippen LogP contribution in [-0.4, -0.2) is 67.6 Å². The maximum atomic E-state index is 12.8. The van der Waals surface area contributed by atoms with Gasteiger partial charge in [-0.1, -0.05) is 19.1 Å². The highest BCUT2D eigenvalue weighted by Gasteiger charge is 2.41. The van der Waals surface area contributed by atoms with Gasteiger partial charge in [-0.05, 0) is 30.5 Å². The first-order chi connectivity index (χ1) is 11.1. The van der Waals surface area contributed by atoms with Crippen molar-refractivity contribution < 1.29 is 9.53 Å². The fourth-order valence-electron chi connectivity index (χ4n) is 3.74. The lowest BCUT2D eigenvalue weighted by atomic mass is 9.95. The number of likely N-dealkylation sites (N-methyl/N-ethyl adjacent to an activating group) is 1. The van der Waals surface area contributed by atoms with Crippen LogP contribution in [0.2, 0.25) is 0 Å². The van der Waals surface area contributed by atoms with E-state index >= 15 is 0 Å². The van der Waals surface area contributed by atoms with Gasteiger partial charge in [0.1, 0.15) is 5.75 Å². The molecule has 2 aliphatic rings. The molecule has 5 heteroatoms. The zero-order valence-corrected chi connectivity index (χ0v) is 14.3. The Bertz CT molecular complexity index is 563. The van der Waals surface area contributed by atoms with E-state index in [1.807, 2.05) is 30.1 Å². The first-order valence-corrected chi connectivity index (χ1v) is 8.49. The molecule has 0 bridgehead atoms. The second kappa shape index (κ2) is 6.89. The highest BCUT2D eigenvalue weighted by atomic mass is 16.5. The summed E-state index contributed by atoms with van der Waals surface area (Å²) in [5.41, 5.74) is 1.16. The third kappa shape index (κ3) is 3.35. The van der Waals surface area contributed by atoms with E-state index in [2.05, 4.69) is 23.2 Å². The smallest absolute Gasteiger partial charge is 0.240 e. The third-order valence-corrected chi connectivity index (χ3v) is 5.14. The summed E-state index contributed by atoms with van der Waals surface area (Å²) in [6, 6.07) is 8.89. The number of ether oxygens (including phenoxy) is 1. The number of fused-ring (bicyclic) bond motifs is 1. The van der Waals surface area contributed by atoms with E-state index in [4.69, 9.17) is 4.74 Å². The van der Waals surface area contributed by atoms with Gasteiger partial charge in [-0.2, -0.15) is 0 Å². The lowest BCUT2D eigenvalue weighted by Crippen LogP contribution is -2.69. The van der Waals surface area contributed by atoms with E-state index < -0.39 is 0 Å². The zero-order valence-electron chi connectivity index (χ0n) is 14.3. The average molecular weight is 317 g/mol. The summed E-state index contributed by atoms with van der Waals surface area (Å²) in [7, 11) is 3.60. The Kier molecular flexibility index (Phi) is 4.87. The van der Waals surface area contributed by atoms with E-state index in [1.165, 1.54) is 0 Å². The fraction of sp³-hybridized carbons (Fsp3) is 0.611. The average Bonchev–Trinajstić information content (AvgIpc) is 2.59. The molecule has 3 atom stereocenters. The van der Waals surface area contributed by atoms with E-state index in [1.54, 1.807) is 7.11 Å². The normalized spacial score (nSPS) is 28.6. The summed E-state index contributed by atoms with van der Waals surface area (Å²) in [5, 5.41) is 3.61. The predicted molar refractivity (Wildman–Crippen MR) is 90.7 cm³/mol. The van der Waals surface area contributed by atoms with Crippen molar-refractivity contribution in [1.29, 1.82) is 0 Å². The molecule has 1 aromatic rings. The molecule has 126 valence electrons. The number of benzene rings is 1. The Balaban J connectivity index is 1.82. The molecule has 0 aromatic heterocycles. The second-order valence-electron chi connectivity index (χ2n) is 6.65. The minimum Gasteiger partial charge on any atom is -0.497 e. The molecule has 0 spiro atoms. The monoisotopic (exact) mass is 317 g/mol. The van der Waals surface area contributed by atoms with Crippen molar-refractivity contribution in [2.24, 2.45) is 0 Å². The first-order valence-electron chi connectivity index (χ1n) is 8.49. The molecule has 2 saturated heterocycles. The van der Waals surface area contributed by atoms with Crippen molar-refractivity contribution in [2.45, 2.75) is 37.9 Å². The van der Waals surface area contributed by atoms with Gasteiger partial charge in [-0.3, -0.25) is 9.69 Å².